The summed E-state index contributed by atoms with van der Waals surface area (Å²) in [5.41, 5.74) is 3.05. The maximum Gasteiger partial charge on any atom is 0.338 e. The van der Waals surface area contributed by atoms with Gasteiger partial charge in [-0.1, -0.05) is 41.9 Å². The Hall–Kier alpha value is -3.36. The average molecular weight is 485 g/mol. The number of amides is 1. The second-order valence-corrected chi connectivity index (χ2v) is 9.83. The van der Waals surface area contributed by atoms with Crippen LogP contribution < -0.4 is 9.62 Å². The quantitative estimate of drug-likeness (QED) is 0.529. The van der Waals surface area contributed by atoms with E-state index < -0.39 is 28.5 Å². The first-order valence-corrected chi connectivity index (χ1v) is 12.0. The summed E-state index contributed by atoms with van der Waals surface area (Å²) >= 11 is 6.20. The van der Waals surface area contributed by atoms with E-state index in [-0.39, 0.29) is 22.0 Å². The van der Waals surface area contributed by atoms with Gasteiger partial charge in [-0.15, -0.1) is 0 Å². The zero-order valence-electron chi connectivity index (χ0n) is 17.7. The van der Waals surface area contributed by atoms with Crippen LogP contribution in [0.15, 0.2) is 71.6 Å². The number of hydrogen-bond donors (Lipinski definition) is 1. The van der Waals surface area contributed by atoms with Crippen molar-refractivity contribution in [2.45, 2.75) is 18.2 Å². The molecule has 7 nitrogen and oxygen atoms in total. The molecule has 3 aromatic rings. The van der Waals surface area contributed by atoms with Crippen LogP contribution in [0.1, 0.15) is 21.5 Å². The van der Waals surface area contributed by atoms with E-state index in [1.165, 1.54) is 22.5 Å². The van der Waals surface area contributed by atoms with Crippen LogP contribution in [0.4, 0.5) is 11.4 Å². The van der Waals surface area contributed by atoms with E-state index in [4.69, 9.17) is 16.3 Å². The molecule has 0 fully saturated rings. The Kier molecular flexibility index (Phi) is 6.40. The van der Waals surface area contributed by atoms with Crippen molar-refractivity contribution >= 4 is 44.9 Å². The lowest BCUT2D eigenvalue weighted by Crippen LogP contribution is -2.29. The third kappa shape index (κ3) is 4.86. The molecule has 1 aliphatic heterocycles. The molecule has 0 saturated carbocycles. The van der Waals surface area contributed by atoms with Crippen LogP contribution in [-0.2, 0) is 26.0 Å². The van der Waals surface area contributed by atoms with E-state index >= 15 is 0 Å². The molecule has 1 aliphatic rings. The van der Waals surface area contributed by atoms with E-state index in [2.05, 4.69) is 5.32 Å². The van der Waals surface area contributed by atoms with Gasteiger partial charge in [0, 0.05) is 12.2 Å². The highest BCUT2D eigenvalue weighted by Crippen LogP contribution is 2.35. The molecule has 1 heterocycles. The molecule has 33 heavy (non-hydrogen) atoms. The van der Waals surface area contributed by atoms with Gasteiger partial charge in [-0.05, 0) is 60.9 Å². The fraction of sp³-hybridized carbons (Fsp3) is 0.167. The average Bonchev–Trinajstić information content (AvgIpc) is 3.23. The largest absolute Gasteiger partial charge is 0.452 e. The van der Waals surface area contributed by atoms with E-state index in [0.29, 0.717) is 17.8 Å². The maximum atomic E-state index is 13.3. The summed E-state index contributed by atoms with van der Waals surface area (Å²) in [6.07, 6.45) is 0.588. The number of benzene rings is 3. The number of anilines is 2. The molecule has 1 amide bonds. The van der Waals surface area contributed by atoms with Crippen LogP contribution in [0.3, 0.4) is 0 Å². The molecule has 4 rings (SSSR count). The summed E-state index contributed by atoms with van der Waals surface area (Å²) in [6.45, 7) is 1.66. The first-order chi connectivity index (χ1) is 15.8. The molecule has 1 N–H and O–H groups in total. The minimum Gasteiger partial charge on any atom is -0.452 e. The van der Waals surface area contributed by atoms with Gasteiger partial charge in [0.2, 0.25) is 0 Å². The predicted octanol–water partition coefficient (Wildman–Crippen LogP) is 4.20. The van der Waals surface area contributed by atoms with Gasteiger partial charge >= 0.3 is 5.97 Å². The normalized spacial score (nSPS) is 12.8. The van der Waals surface area contributed by atoms with Crippen molar-refractivity contribution in [2.24, 2.45) is 0 Å². The summed E-state index contributed by atoms with van der Waals surface area (Å²) in [6, 6.07) is 18.3. The number of aryl methyl sites for hydroxylation is 1. The van der Waals surface area contributed by atoms with Gasteiger partial charge in [0.05, 0.1) is 16.3 Å². The van der Waals surface area contributed by atoms with Crippen LogP contribution in [0, 0.1) is 6.92 Å². The topological polar surface area (TPSA) is 92.8 Å². The van der Waals surface area contributed by atoms with Crippen LogP contribution >= 0.6 is 11.6 Å². The van der Waals surface area contributed by atoms with Crippen molar-refractivity contribution in [3.63, 3.8) is 0 Å². The summed E-state index contributed by atoms with van der Waals surface area (Å²) in [5.74, 6) is -1.34. The van der Waals surface area contributed by atoms with Gasteiger partial charge in [0.1, 0.15) is 4.90 Å². The number of nitrogens with zero attached hydrogens (tertiary/aromatic N) is 1. The Labute approximate surface area is 197 Å². The number of halogens is 1. The minimum absolute atomic E-state index is 0.00637. The fourth-order valence-electron chi connectivity index (χ4n) is 3.64. The molecule has 0 aliphatic carbocycles. The number of esters is 1. The molecular formula is C24H21ClN2O5S. The summed E-state index contributed by atoms with van der Waals surface area (Å²) in [7, 11) is -4.00. The second kappa shape index (κ2) is 9.25. The van der Waals surface area contributed by atoms with Gasteiger partial charge in [-0.25, -0.2) is 13.2 Å². The zero-order valence-corrected chi connectivity index (χ0v) is 19.3. The Morgan fingerprint density at radius 2 is 1.85 bits per heavy atom. The van der Waals surface area contributed by atoms with E-state index in [1.54, 1.807) is 30.3 Å². The molecule has 0 radical (unpaired) electrons. The molecule has 0 unspecified atom stereocenters. The van der Waals surface area contributed by atoms with Crippen molar-refractivity contribution in [2.75, 3.05) is 22.8 Å². The first kappa shape index (κ1) is 22.8. The molecule has 0 bridgehead atoms. The predicted molar refractivity (Wildman–Crippen MR) is 126 cm³/mol. The number of sulfonamides is 1. The van der Waals surface area contributed by atoms with Gasteiger partial charge in [0.25, 0.3) is 15.9 Å². The highest BCUT2D eigenvalue weighted by Gasteiger charge is 2.32. The number of carbonyl (C=O) groups excluding carboxylic acids is 2. The van der Waals surface area contributed by atoms with Crippen LogP contribution in [0.5, 0.6) is 0 Å². The molecule has 0 spiro atoms. The van der Waals surface area contributed by atoms with Gasteiger partial charge < -0.3 is 10.1 Å². The molecule has 0 aromatic heterocycles. The number of para-hydroxylation sites is 1. The Bertz CT molecular complexity index is 1340. The fourth-order valence-corrected chi connectivity index (χ4v) is 5.65. The third-order valence-electron chi connectivity index (χ3n) is 5.22. The monoisotopic (exact) mass is 484 g/mol. The summed E-state index contributed by atoms with van der Waals surface area (Å²) < 4.78 is 33.0. The van der Waals surface area contributed by atoms with Crippen molar-refractivity contribution < 1.29 is 22.7 Å². The number of rotatable bonds is 6. The standard InChI is InChI=1S/C24H21ClN2O5S/c1-16-5-4-7-19(13-16)26-23(28)15-32-24(29)18-9-10-20(25)22(14-18)33(30,31)27-12-11-17-6-2-3-8-21(17)27/h2-10,13-14H,11-12,15H2,1H3,(H,26,28). The van der Waals surface area contributed by atoms with Crippen molar-refractivity contribution in [3.8, 4) is 0 Å². The van der Waals surface area contributed by atoms with Gasteiger partial charge in [-0.3, -0.25) is 9.10 Å². The highest BCUT2D eigenvalue weighted by atomic mass is 35.5. The molecule has 9 heteroatoms. The van der Waals surface area contributed by atoms with E-state index in [9.17, 15) is 18.0 Å². The molecule has 0 saturated heterocycles. The smallest absolute Gasteiger partial charge is 0.338 e. The lowest BCUT2D eigenvalue weighted by atomic mass is 10.2. The summed E-state index contributed by atoms with van der Waals surface area (Å²) in [5, 5.41) is 2.63. The molecular weight excluding hydrogens is 464 g/mol. The van der Waals surface area contributed by atoms with Crippen LogP contribution in [-0.4, -0.2) is 33.4 Å². The maximum absolute atomic E-state index is 13.3. The highest BCUT2D eigenvalue weighted by molar-refractivity contribution is 7.93. The lowest BCUT2D eigenvalue weighted by molar-refractivity contribution is -0.119. The molecule has 3 aromatic carbocycles. The zero-order chi connectivity index (χ0) is 23.6. The first-order valence-electron chi connectivity index (χ1n) is 10.2. The molecule has 170 valence electrons. The van der Waals surface area contributed by atoms with Crippen molar-refractivity contribution in [1.29, 1.82) is 0 Å². The molecule has 0 atom stereocenters. The Morgan fingerprint density at radius 1 is 1.06 bits per heavy atom. The number of carbonyl (C=O) groups is 2. The second-order valence-electron chi connectivity index (χ2n) is 7.59. The van der Waals surface area contributed by atoms with Crippen LogP contribution in [0.25, 0.3) is 0 Å². The van der Waals surface area contributed by atoms with Gasteiger partial charge in [0.15, 0.2) is 6.61 Å². The minimum atomic E-state index is -4.00. The van der Waals surface area contributed by atoms with E-state index in [0.717, 1.165) is 11.1 Å². The number of nitrogens with one attached hydrogen (secondary N) is 1. The van der Waals surface area contributed by atoms with Crippen molar-refractivity contribution in [1.82, 2.24) is 0 Å². The number of ether oxygens (including phenoxy) is 1. The lowest BCUT2D eigenvalue weighted by Gasteiger charge is -2.20. The number of hydrogen-bond acceptors (Lipinski definition) is 5. The van der Waals surface area contributed by atoms with Gasteiger partial charge in [-0.2, -0.15) is 0 Å². The van der Waals surface area contributed by atoms with Crippen LogP contribution in [0.2, 0.25) is 5.02 Å². The van der Waals surface area contributed by atoms with Crippen molar-refractivity contribution in [3.05, 3.63) is 88.4 Å². The SMILES string of the molecule is Cc1cccc(NC(=O)COC(=O)c2ccc(Cl)c(S(=O)(=O)N3CCc4ccccc43)c2)c1. The Morgan fingerprint density at radius 3 is 2.64 bits per heavy atom. The third-order valence-corrected chi connectivity index (χ3v) is 7.51. The van der Waals surface area contributed by atoms with E-state index in [1.807, 2.05) is 25.1 Å². The number of fused-ring (bicyclic) bond motifs is 1. The summed E-state index contributed by atoms with van der Waals surface area (Å²) in [4.78, 5) is 24.4. The Balaban J connectivity index is 1.49.